The van der Waals surface area contributed by atoms with Crippen LogP contribution >= 0.6 is 0 Å². The van der Waals surface area contributed by atoms with Crippen molar-refractivity contribution in [2.24, 2.45) is 0 Å². The number of carbonyl (C=O) groups excluding carboxylic acids is 1. The van der Waals surface area contributed by atoms with Gasteiger partial charge in [0.1, 0.15) is 0 Å². The molecule has 0 atom stereocenters. The second kappa shape index (κ2) is 6.76. The lowest BCUT2D eigenvalue weighted by molar-refractivity contribution is -0.128. The minimum Gasteiger partial charge on any atom is -0.460 e. The van der Waals surface area contributed by atoms with Crippen molar-refractivity contribution < 1.29 is 9.53 Å². The van der Waals surface area contributed by atoms with E-state index in [0.29, 0.717) is 11.6 Å². The van der Waals surface area contributed by atoms with Crippen LogP contribution in [0.4, 0.5) is 5.69 Å². The van der Waals surface area contributed by atoms with Gasteiger partial charge < -0.3 is 10.1 Å². The number of pyridine rings is 1. The molecule has 0 bridgehead atoms. The van der Waals surface area contributed by atoms with Crippen molar-refractivity contribution in [3.8, 4) is 11.6 Å². The fourth-order valence-corrected chi connectivity index (χ4v) is 2.26. The second-order valence-electron chi connectivity index (χ2n) is 6.21. The first-order valence-electron chi connectivity index (χ1n) is 7.98. The average Bonchev–Trinajstić information content (AvgIpc) is 2.97. The largest absolute Gasteiger partial charge is 0.460 e. The van der Waals surface area contributed by atoms with Gasteiger partial charge in [-0.25, -0.2) is 4.68 Å². The number of anilines is 1. The third-order valence-electron chi connectivity index (χ3n) is 3.69. The molecule has 1 amide bonds. The topological polar surface area (TPSA) is 69.0 Å². The summed E-state index contributed by atoms with van der Waals surface area (Å²) in [6.45, 7) is 5.32. The van der Waals surface area contributed by atoms with Crippen LogP contribution in [0.5, 0.6) is 5.88 Å². The van der Waals surface area contributed by atoms with Gasteiger partial charge in [0, 0.05) is 18.0 Å². The van der Waals surface area contributed by atoms with E-state index in [9.17, 15) is 4.79 Å². The zero-order valence-corrected chi connectivity index (χ0v) is 14.4. The number of amides is 1. The summed E-state index contributed by atoms with van der Waals surface area (Å²) in [5.74, 6) is 0.157. The van der Waals surface area contributed by atoms with Gasteiger partial charge in [-0.05, 0) is 45.0 Å². The Kier molecular flexibility index (Phi) is 4.52. The Morgan fingerprint density at radius 2 is 1.92 bits per heavy atom. The van der Waals surface area contributed by atoms with Crippen LogP contribution in [-0.2, 0) is 4.79 Å². The molecule has 0 unspecified atom stereocenters. The summed E-state index contributed by atoms with van der Waals surface area (Å²) in [5, 5.41) is 7.26. The summed E-state index contributed by atoms with van der Waals surface area (Å²) in [7, 11) is 0. The van der Waals surface area contributed by atoms with Crippen LogP contribution in [0.15, 0.2) is 61.1 Å². The summed E-state index contributed by atoms with van der Waals surface area (Å²) in [5.41, 5.74) is 1.32. The SMILES string of the molecule is Cc1cn(-c2ccccc2)nc1OC(C)(C)C(=O)Nc1cccnc1. The molecule has 0 saturated heterocycles. The quantitative estimate of drug-likeness (QED) is 0.775. The van der Waals surface area contributed by atoms with E-state index in [0.717, 1.165) is 11.3 Å². The van der Waals surface area contributed by atoms with E-state index < -0.39 is 5.60 Å². The molecule has 2 heterocycles. The first kappa shape index (κ1) is 16.7. The number of benzene rings is 1. The van der Waals surface area contributed by atoms with Gasteiger partial charge in [0.25, 0.3) is 5.91 Å². The molecule has 3 rings (SSSR count). The van der Waals surface area contributed by atoms with E-state index in [-0.39, 0.29) is 5.91 Å². The van der Waals surface area contributed by atoms with Crippen molar-refractivity contribution in [3.05, 3.63) is 66.6 Å². The number of aromatic nitrogens is 3. The highest BCUT2D eigenvalue weighted by atomic mass is 16.5. The second-order valence-corrected chi connectivity index (χ2v) is 6.21. The number of aryl methyl sites for hydroxylation is 1. The Labute approximate surface area is 146 Å². The normalized spacial score (nSPS) is 11.2. The summed E-state index contributed by atoms with van der Waals surface area (Å²) in [6.07, 6.45) is 5.11. The van der Waals surface area contributed by atoms with Gasteiger partial charge in [-0.3, -0.25) is 9.78 Å². The van der Waals surface area contributed by atoms with Gasteiger partial charge >= 0.3 is 0 Å². The van der Waals surface area contributed by atoms with E-state index in [1.54, 1.807) is 43.1 Å². The number of hydrogen-bond acceptors (Lipinski definition) is 4. The van der Waals surface area contributed by atoms with Crippen LogP contribution in [0.25, 0.3) is 5.69 Å². The molecule has 0 saturated carbocycles. The van der Waals surface area contributed by atoms with Crippen molar-refractivity contribution in [2.45, 2.75) is 26.4 Å². The predicted octanol–water partition coefficient (Wildman–Crippen LogP) is 3.37. The monoisotopic (exact) mass is 336 g/mol. The van der Waals surface area contributed by atoms with E-state index in [1.165, 1.54) is 0 Å². The van der Waals surface area contributed by atoms with Gasteiger partial charge in [0.2, 0.25) is 5.88 Å². The summed E-state index contributed by atoms with van der Waals surface area (Å²) in [4.78, 5) is 16.5. The number of hydrogen-bond donors (Lipinski definition) is 1. The molecule has 0 aliphatic heterocycles. The maximum absolute atomic E-state index is 12.5. The van der Waals surface area contributed by atoms with Crippen molar-refractivity contribution >= 4 is 11.6 Å². The van der Waals surface area contributed by atoms with Crippen LogP contribution in [0, 0.1) is 6.92 Å². The molecule has 0 aliphatic carbocycles. The third-order valence-corrected chi connectivity index (χ3v) is 3.69. The minimum atomic E-state index is -1.09. The lowest BCUT2D eigenvalue weighted by Gasteiger charge is -2.24. The van der Waals surface area contributed by atoms with Crippen molar-refractivity contribution in [2.75, 3.05) is 5.32 Å². The number of rotatable bonds is 5. The Morgan fingerprint density at radius 1 is 1.16 bits per heavy atom. The van der Waals surface area contributed by atoms with E-state index in [4.69, 9.17) is 4.74 Å². The number of ether oxygens (including phenoxy) is 1. The highest BCUT2D eigenvalue weighted by Gasteiger charge is 2.31. The van der Waals surface area contributed by atoms with Crippen LogP contribution in [-0.4, -0.2) is 26.3 Å². The zero-order valence-electron chi connectivity index (χ0n) is 14.4. The Balaban J connectivity index is 1.76. The maximum atomic E-state index is 12.5. The van der Waals surface area contributed by atoms with Crippen LogP contribution in [0.1, 0.15) is 19.4 Å². The average molecular weight is 336 g/mol. The molecule has 3 aromatic rings. The van der Waals surface area contributed by atoms with Gasteiger partial charge in [0.15, 0.2) is 5.60 Å². The molecule has 0 spiro atoms. The molecule has 2 aromatic heterocycles. The molecule has 0 radical (unpaired) electrons. The minimum absolute atomic E-state index is 0.269. The molecule has 0 fully saturated rings. The standard InChI is InChI=1S/C19H20N4O2/c1-14-13-23(16-9-5-4-6-10-16)22-17(14)25-19(2,3)18(24)21-15-8-7-11-20-12-15/h4-13H,1-3H3,(H,21,24). The van der Waals surface area contributed by atoms with Gasteiger partial charge in [0.05, 0.1) is 17.6 Å². The Bertz CT molecular complexity index is 858. The molecular weight excluding hydrogens is 316 g/mol. The van der Waals surface area contributed by atoms with Crippen molar-refractivity contribution in [1.82, 2.24) is 14.8 Å². The molecule has 128 valence electrons. The summed E-state index contributed by atoms with van der Waals surface area (Å²) >= 11 is 0. The van der Waals surface area contributed by atoms with E-state index >= 15 is 0 Å². The lowest BCUT2D eigenvalue weighted by Crippen LogP contribution is -2.42. The number of nitrogens with zero attached hydrogens (tertiary/aromatic N) is 3. The van der Waals surface area contributed by atoms with Gasteiger partial charge in [-0.1, -0.05) is 18.2 Å². The van der Waals surface area contributed by atoms with Crippen LogP contribution in [0.2, 0.25) is 0 Å². The third kappa shape index (κ3) is 3.85. The summed E-state index contributed by atoms with van der Waals surface area (Å²) < 4.78 is 7.64. The van der Waals surface area contributed by atoms with E-state index in [1.807, 2.05) is 43.5 Å². The number of nitrogens with one attached hydrogen (secondary N) is 1. The van der Waals surface area contributed by atoms with Crippen molar-refractivity contribution in [3.63, 3.8) is 0 Å². The number of carbonyl (C=O) groups is 1. The molecule has 25 heavy (non-hydrogen) atoms. The van der Waals surface area contributed by atoms with Crippen LogP contribution in [0.3, 0.4) is 0 Å². The molecule has 1 aromatic carbocycles. The highest BCUT2D eigenvalue weighted by Crippen LogP contribution is 2.23. The van der Waals surface area contributed by atoms with Crippen LogP contribution < -0.4 is 10.1 Å². The lowest BCUT2D eigenvalue weighted by atomic mass is 10.1. The zero-order chi connectivity index (χ0) is 17.9. The number of para-hydroxylation sites is 1. The fourth-order valence-electron chi connectivity index (χ4n) is 2.26. The van der Waals surface area contributed by atoms with Gasteiger partial charge in [-0.15, -0.1) is 5.10 Å². The smallest absolute Gasteiger partial charge is 0.268 e. The Hall–Kier alpha value is -3.15. The molecule has 6 heteroatoms. The van der Waals surface area contributed by atoms with Gasteiger partial charge in [-0.2, -0.15) is 0 Å². The summed E-state index contributed by atoms with van der Waals surface area (Å²) in [6, 6.07) is 13.3. The Morgan fingerprint density at radius 3 is 2.60 bits per heavy atom. The molecule has 1 N–H and O–H groups in total. The molecular formula is C19H20N4O2. The van der Waals surface area contributed by atoms with E-state index in [2.05, 4.69) is 15.4 Å². The predicted molar refractivity (Wildman–Crippen MR) is 95.9 cm³/mol. The van der Waals surface area contributed by atoms with Crippen molar-refractivity contribution in [1.29, 1.82) is 0 Å². The first-order valence-corrected chi connectivity index (χ1v) is 7.98. The molecule has 0 aliphatic rings. The molecule has 6 nitrogen and oxygen atoms in total. The highest BCUT2D eigenvalue weighted by molar-refractivity contribution is 5.96. The maximum Gasteiger partial charge on any atom is 0.268 e. The first-order chi connectivity index (χ1) is 12.0. The fraction of sp³-hybridized carbons (Fsp3) is 0.211.